The lowest BCUT2D eigenvalue weighted by atomic mass is 9.81. The molecule has 0 fully saturated rings. The third kappa shape index (κ3) is 9.13. The standard InChI is InChI=1S/C39H31NO.C18H22.C7H8.C2H6/c1-24-16-19-26(20-17-24)40(34-14-9-13-30-28-11-7-8-15-36(28)41-38(30)34)35-23-33-37(29-12-6-5-10-27(29)35)31-21-18-25(2)22-32(31)39(33,3)4;1-5-15-10-8-12-17(18(15)13(2)3)16-11-7-6-9-14(16)4;1-7-5-3-2-4-6-7;1-2/h5-23H,1-4H3;6-13H,5H2,1-4H3;2-6H,1H3;1-2H3. The van der Waals surface area contributed by atoms with Crippen molar-refractivity contribution < 1.29 is 4.42 Å². The van der Waals surface area contributed by atoms with Gasteiger partial charge in [0.1, 0.15) is 5.58 Å². The van der Waals surface area contributed by atoms with Crippen molar-refractivity contribution in [3.63, 3.8) is 0 Å². The molecule has 1 heterocycles. The molecule has 68 heavy (non-hydrogen) atoms. The second kappa shape index (κ2) is 20.4. The van der Waals surface area contributed by atoms with Gasteiger partial charge in [0.25, 0.3) is 0 Å². The van der Waals surface area contributed by atoms with E-state index in [1.165, 1.54) is 77.5 Å². The van der Waals surface area contributed by atoms with Crippen molar-refractivity contribution in [2.45, 2.75) is 93.9 Å². The molecule has 1 aliphatic carbocycles. The summed E-state index contributed by atoms with van der Waals surface area (Å²) in [6.07, 6.45) is 1.10. The normalized spacial score (nSPS) is 12.1. The summed E-state index contributed by atoms with van der Waals surface area (Å²) in [5, 5.41) is 4.77. The van der Waals surface area contributed by atoms with E-state index in [1.807, 2.05) is 38.1 Å². The Hall–Kier alpha value is -7.16. The summed E-state index contributed by atoms with van der Waals surface area (Å²) in [7, 11) is 0. The first-order chi connectivity index (χ1) is 33.0. The highest BCUT2D eigenvalue weighted by atomic mass is 16.3. The molecule has 0 aliphatic heterocycles. The summed E-state index contributed by atoms with van der Waals surface area (Å²) in [6.45, 7) is 24.2. The minimum atomic E-state index is -0.125. The fourth-order valence-electron chi connectivity index (χ4n) is 10.1. The van der Waals surface area contributed by atoms with E-state index in [0.29, 0.717) is 5.92 Å². The highest BCUT2D eigenvalue weighted by Gasteiger charge is 2.38. The lowest BCUT2D eigenvalue weighted by molar-refractivity contribution is 0.660. The van der Waals surface area contributed by atoms with E-state index in [-0.39, 0.29) is 5.41 Å². The molecule has 0 N–H and O–H groups in total. The zero-order valence-corrected chi connectivity index (χ0v) is 42.0. The minimum Gasteiger partial charge on any atom is -0.454 e. The van der Waals surface area contributed by atoms with Crippen LogP contribution >= 0.6 is 0 Å². The van der Waals surface area contributed by atoms with E-state index < -0.39 is 0 Å². The maximum atomic E-state index is 6.60. The van der Waals surface area contributed by atoms with E-state index in [2.05, 4.69) is 231 Å². The molecule has 9 aromatic carbocycles. The number of hydrogen-bond acceptors (Lipinski definition) is 2. The van der Waals surface area contributed by atoms with E-state index in [1.54, 1.807) is 0 Å². The van der Waals surface area contributed by atoms with Crippen molar-refractivity contribution in [1.82, 2.24) is 0 Å². The molecule has 342 valence electrons. The van der Waals surface area contributed by atoms with Gasteiger partial charge in [-0.05, 0) is 126 Å². The van der Waals surface area contributed by atoms with Gasteiger partial charge in [-0.25, -0.2) is 0 Å². The number of benzene rings is 9. The van der Waals surface area contributed by atoms with Gasteiger partial charge >= 0.3 is 0 Å². The molecule has 0 bridgehead atoms. The van der Waals surface area contributed by atoms with Gasteiger partial charge < -0.3 is 9.32 Å². The van der Waals surface area contributed by atoms with Gasteiger partial charge in [0.05, 0.1) is 11.4 Å². The maximum Gasteiger partial charge on any atom is 0.159 e. The van der Waals surface area contributed by atoms with Gasteiger partial charge in [-0.2, -0.15) is 0 Å². The van der Waals surface area contributed by atoms with E-state index in [0.717, 1.165) is 45.4 Å². The molecule has 11 rings (SSSR count). The van der Waals surface area contributed by atoms with Crippen molar-refractivity contribution in [2.75, 3.05) is 4.90 Å². The van der Waals surface area contributed by atoms with Gasteiger partial charge in [-0.1, -0.05) is 223 Å². The molecule has 0 radical (unpaired) electrons. The summed E-state index contributed by atoms with van der Waals surface area (Å²) < 4.78 is 6.60. The lowest BCUT2D eigenvalue weighted by Gasteiger charge is -2.30. The molecule has 0 atom stereocenters. The number of furan rings is 1. The Bertz CT molecular complexity index is 3330. The van der Waals surface area contributed by atoms with Crippen LogP contribution in [-0.4, -0.2) is 0 Å². The van der Waals surface area contributed by atoms with Gasteiger partial charge in [0, 0.05) is 27.3 Å². The number of nitrogens with zero attached hydrogens (tertiary/aromatic N) is 1. The predicted molar refractivity (Wildman–Crippen MR) is 296 cm³/mol. The Kier molecular flexibility index (Phi) is 14.2. The monoisotopic (exact) mass is 890 g/mol. The number of para-hydroxylation sites is 2. The lowest BCUT2D eigenvalue weighted by Crippen LogP contribution is -2.17. The molecular formula is C66H67NO. The third-order valence-corrected chi connectivity index (χ3v) is 13.5. The first-order valence-electron chi connectivity index (χ1n) is 24.6. The molecule has 0 amide bonds. The minimum absolute atomic E-state index is 0.125. The average molecular weight is 890 g/mol. The topological polar surface area (TPSA) is 16.4 Å². The van der Waals surface area contributed by atoms with E-state index in [9.17, 15) is 0 Å². The van der Waals surface area contributed by atoms with Crippen LogP contribution in [0, 0.1) is 27.7 Å². The SMILES string of the molecule is CC.CCc1cccc(-c2ccccc2C)c1C(C)C.Cc1ccc(N(c2cc3c(c4ccccc24)-c2ccc(C)cc2C3(C)C)c2cccc3c2oc2ccccc23)cc1.Cc1ccccc1. The molecule has 0 spiro atoms. The summed E-state index contributed by atoms with van der Waals surface area (Å²) >= 11 is 0. The Balaban J connectivity index is 0.000000191. The van der Waals surface area contributed by atoms with Crippen molar-refractivity contribution in [3.8, 4) is 22.3 Å². The Labute approximate surface area is 405 Å². The second-order valence-electron chi connectivity index (χ2n) is 18.8. The molecule has 0 saturated carbocycles. The van der Waals surface area contributed by atoms with Gasteiger partial charge in [-0.15, -0.1) is 0 Å². The molecule has 1 aliphatic rings. The van der Waals surface area contributed by atoms with Crippen molar-refractivity contribution >= 4 is 49.8 Å². The van der Waals surface area contributed by atoms with Crippen molar-refractivity contribution in [1.29, 1.82) is 0 Å². The first kappa shape index (κ1) is 47.3. The molecular weight excluding hydrogens is 823 g/mol. The highest BCUT2D eigenvalue weighted by Crippen LogP contribution is 2.55. The zero-order chi connectivity index (χ0) is 48.1. The molecule has 0 saturated heterocycles. The Morgan fingerprint density at radius 2 is 1.07 bits per heavy atom. The number of aryl methyl sites for hydroxylation is 5. The molecule has 10 aromatic rings. The smallest absolute Gasteiger partial charge is 0.159 e. The average Bonchev–Trinajstić information content (AvgIpc) is 3.85. The molecule has 2 heteroatoms. The number of rotatable bonds is 6. The second-order valence-corrected chi connectivity index (χ2v) is 18.8. The quantitative estimate of drug-likeness (QED) is 0.165. The van der Waals surface area contributed by atoms with Gasteiger partial charge in [0.2, 0.25) is 0 Å². The van der Waals surface area contributed by atoms with E-state index in [4.69, 9.17) is 4.42 Å². The number of anilines is 3. The van der Waals surface area contributed by atoms with Gasteiger partial charge in [-0.3, -0.25) is 0 Å². The van der Waals surface area contributed by atoms with E-state index >= 15 is 0 Å². The summed E-state index contributed by atoms with van der Waals surface area (Å²) in [5.41, 5.74) is 21.4. The predicted octanol–water partition coefficient (Wildman–Crippen LogP) is 19.5. The van der Waals surface area contributed by atoms with Crippen molar-refractivity contribution in [3.05, 3.63) is 233 Å². The number of hydrogen-bond donors (Lipinski definition) is 0. The van der Waals surface area contributed by atoms with Crippen LogP contribution in [0.5, 0.6) is 0 Å². The number of fused-ring (bicyclic) bond motifs is 8. The fraction of sp³-hybridized carbons (Fsp3) is 0.212. The summed E-state index contributed by atoms with van der Waals surface area (Å²) in [4.78, 5) is 2.40. The van der Waals surface area contributed by atoms with Crippen LogP contribution in [0.15, 0.2) is 192 Å². The van der Waals surface area contributed by atoms with Crippen LogP contribution in [0.1, 0.15) is 98.9 Å². The van der Waals surface area contributed by atoms with Crippen LogP contribution < -0.4 is 4.90 Å². The van der Waals surface area contributed by atoms with Crippen molar-refractivity contribution in [2.24, 2.45) is 0 Å². The van der Waals surface area contributed by atoms with Crippen LogP contribution in [-0.2, 0) is 11.8 Å². The molecule has 2 nitrogen and oxygen atoms in total. The Morgan fingerprint density at radius 1 is 0.485 bits per heavy atom. The Morgan fingerprint density at radius 3 is 1.75 bits per heavy atom. The summed E-state index contributed by atoms with van der Waals surface area (Å²) in [6, 6.07) is 67.6. The maximum absolute atomic E-state index is 6.60. The van der Waals surface area contributed by atoms with Crippen LogP contribution in [0.3, 0.4) is 0 Å². The molecule has 0 unspecified atom stereocenters. The summed E-state index contributed by atoms with van der Waals surface area (Å²) in [5.74, 6) is 0.566. The van der Waals surface area contributed by atoms with Crippen LogP contribution in [0.4, 0.5) is 17.1 Å². The van der Waals surface area contributed by atoms with Crippen LogP contribution in [0.25, 0.3) is 55.0 Å². The van der Waals surface area contributed by atoms with Gasteiger partial charge in [0.15, 0.2) is 5.58 Å². The first-order valence-corrected chi connectivity index (χ1v) is 24.6. The largest absolute Gasteiger partial charge is 0.454 e. The third-order valence-electron chi connectivity index (χ3n) is 13.5. The van der Waals surface area contributed by atoms with Crippen LogP contribution in [0.2, 0.25) is 0 Å². The highest BCUT2D eigenvalue weighted by molar-refractivity contribution is 6.14. The zero-order valence-electron chi connectivity index (χ0n) is 42.0. The fourth-order valence-corrected chi connectivity index (χ4v) is 10.1. The molecule has 1 aromatic heterocycles.